The smallest absolute Gasteiger partial charge is 0.221 e. The SMILES string of the molecule is CCC(C#N)(CCCN1CCCC(C(N)=O)C1)NC(C)C. The van der Waals surface area contributed by atoms with E-state index in [1.807, 2.05) is 0 Å². The van der Waals surface area contributed by atoms with Gasteiger partial charge in [-0.15, -0.1) is 0 Å². The van der Waals surface area contributed by atoms with Crippen LogP contribution in [-0.4, -0.2) is 42.0 Å². The molecular weight excluding hydrogens is 264 g/mol. The Labute approximate surface area is 128 Å². The highest BCUT2D eigenvalue weighted by atomic mass is 16.1. The number of hydrogen-bond acceptors (Lipinski definition) is 4. The predicted octanol–water partition coefficient (Wildman–Crippen LogP) is 1.63. The summed E-state index contributed by atoms with van der Waals surface area (Å²) in [5, 5.41) is 12.9. The van der Waals surface area contributed by atoms with Gasteiger partial charge in [0.25, 0.3) is 0 Å². The lowest BCUT2D eigenvalue weighted by Gasteiger charge is -2.33. The molecular formula is C16H30N4O. The molecule has 0 spiro atoms. The minimum Gasteiger partial charge on any atom is -0.369 e. The van der Waals surface area contributed by atoms with Gasteiger partial charge in [-0.3, -0.25) is 10.1 Å². The van der Waals surface area contributed by atoms with Crippen molar-refractivity contribution in [1.29, 1.82) is 5.26 Å². The summed E-state index contributed by atoms with van der Waals surface area (Å²) in [5.41, 5.74) is 4.98. The molecule has 5 nitrogen and oxygen atoms in total. The first-order valence-corrected chi connectivity index (χ1v) is 8.13. The average molecular weight is 294 g/mol. The number of nitrogens with two attached hydrogens (primary N) is 1. The van der Waals surface area contributed by atoms with E-state index in [4.69, 9.17) is 5.73 Å². The van der Waals surface area contributed by atoms with Crippen molar-refractivity contribution in [3.05, 3.63) is 0 Å². The number of nitrogens with zero attached hydrogens (tertiary/aromatic N) is 2. The van der Waals surface area contributed by atoms with Crippen molar-refractivity contribution in [3.8, 4) is 6.07 Å². The van der Waals surface area contributed by atoms with Gasteiger partial charge in [0.2, 0.25) is 5.91 Å². The van der Waals surface area contributed by atoms with Crippen LogP contribution in [0.25, 0.3) is 0 Å². The van der Waals surface area contributed by atoms with Gasteiger partial charge in [0.15, 0.2) is 0 Å². The number of hydrogen-bond donors (Lipinski definition) is 2. The van der Waals surface area contributed by atoms with Crippen LogP contribution in [0.2, 0.25) is 0 Å². The zero-order chi connectivity index (χ0) is 15.9. The second-order valence-corrected chi connectivity index (χ2v) is 6.49. The topological polar surface area (TPSA) is 82.2 Å². The van der Waals surface area contributed by atoms with E-state index in [0.717, 1.165) is 51.7 Å². The third kappa shape index (κ3) is 5.64. The Morgan fingerprint density at radius 1 is 1.57 bits per heavy atom. The van der Waals surface area contributed by atoms with Gasteiger partial charge in [-0.25, -0.2) is 0 Å². The van der Waals surface area contributed by atoms with Gasteiger partial charge in [-0.05, 0) is 59.0 Å². The number of amides is 1. The summed E-state index contributed by atoms with van der Waals surface area (Å²) in [4.78, 5) is 13.6. The maximum atomic E-state index is 11.3. The van der Waals surface area contributed by atoms with Crippen LogP contribution in [0, 0.1) is 17.2 Å². The molecule has 1 fully saturated rings. The molecule has 2 atom stereocenters. The van der Waals surface area contributed by atoms with Crippen LogP contribution in [0.5, 0.6) is 0 Å². The van der Waals surface area contributed by atoms with E-state index in [1.54, 1.807) is 0 Å². The fourth-order valence-electron chi connectivity index (χ4n) is 3.17. The van der Waals surface area contributed by atoms with Crippen molar-refractivity contribution < 1.29 is 4.79 Å². The highest BCUT2D eigenvalue weighted by Gasteiger charge is 2.29. The number of nitriles is 1. The fourth-order valence-corrected chi connectivity index (χ4v) is 3.17. The van der Waals surface area contributed by atoms with Gasteiger partial charge >= 0.3 is 0 Å². The summed E-state index contributed by atoms with van der Waals surface area (Å²) in [5.74, 6) is -0.180. The van der Waals surface area contributed by atoms with Gasteiger partial charge in [0.05, 0.1) is 12.0 Å². The molecule has 1 aliphatic rings. The monoisotopic (exact) mass is 294 g/mol. The molecule has 0 saturated carbocycles. The first kappa shape index (κ1) is 17.9. The molecule has 1 saturated heterocycles. The van der Waals surface area contributed by atoms with Gasteiger partial charge in [0, 0.05) is 12.6 Å². The summed E-state index contributed by atoms with van der Waals surface area (Å²) in [7, 11) is 0. The summed E-state index contributed by atoms with van der Waals surface area (Å²) >= 11 is 0. The van der Waals surface area contributed by atoms with Gasteiger partial charge in [-0.1, -0.05) is 6.92 Å². The van der Waals surface area contributed by atoms with Crippen LogP contribution in [-0.2, 0) is 4.79 Å². The molecule has 1 rings (SSSR count). The van der Waals surface area contributed by atoms with E-state index in [9.17, 15) is 10.1 Å². The van der Waals surface area contributed by atoms with E-state index in [2.05, 4.69) is 37.1 Å². The average Bonchev–Trinajstić information content (AvgIpc) is 2.46. The Hall–Kier alpha value is -1.12. The van der Waals surface area contributed by atoms with E-state index in [-0.39, 0.29) is 11.8 Å². The Balaban J connectivity index is 2.43. The molecule has 2 unspecified atom stereocenters. The fraction of sp³-hybridized carbons (Fsp3) is 0.875. The van der Waals surface area contributed by atoms with Crippen LogP contribution in [0.15, 0.2) is 0 Å². The molecule has 0 bridgehead atoms. The lowest BCUT2D eigenvalue weighted by molar-refractivity contribution is -0.123. The van der Waals surface area contributed by atoms with Crippen LogP contribution in [0.3, 0.4) is 0 Å². The number of carbonyl (C=O) groups is 1. The van der Waals surface area contributed by atoms with E-state index < -0.39 is 5.54 Å². The molecule has 1 heterocycles. The maximum Gasteiger partial charge on any atom is 0.221 e. The first-order valence-electron chi connectivity index (χ1n) is 8.13. The molecule has 0 aromatic heterocycles. The van der Waals surface area contributed by atoms with Crippen molar-refractivity contribution in [3.63, 3.8) is 0 Å². The third-order valence-electron chi connectivity index (χ3n) is 4.37. The number of likely N-dealkylation sites (tertiary alicyclic amines) is 1. The molecule has 1 aliphatic heterocycles. The van der Waals surface area contributed by atoms with E-state index in [1.165, 1.54) is 0 Å². The Bertz CT molecular complexity index is 377. The first-order chi connectivity index (χ1) is 9.92. The number of rotatable bonds is 8. The Morgan fingerprint density at radius 3 is 2.81 bits per heavy atom. The second-order valence-electron chi connectivity index (χ2n) is 6.49. The van der Waals surface area contributed by atoms with E-state index in [0.29, 0.717) is 6.04 Å². The summed E-state index contributed by atoms with van der Waals surface area (Å²) < 4.78 is 0. The van der Waals surface area contributed by atoms with Gasteiger partial charge < -0.3 is 10.6 Å². The molecule has 0 aromatic rings. The maximum absolute atomic E-state index is 11.3. The highest BCUT2D eigenvalue weighted by molar-refractivity contribution is 5.76. The number of carbonyl (C=O) groups excluding carboxylic acids is 1. The lowest BCUT2D eigenvalue weighted by Crippen LogP contribution is -2.48. The van der Waals surface area contributed by atoms with E-state index >= 15 is 0 Å². The minimum atomic E-state index is -0.424. The quantitative estimate of drug-likeness (QED) is 0.713. The highest BCUT2D eigenvalue weighted by Crippen LogP contribution is 2.20. The van der Waals surface area contributed by atoms with Crippen LogP contribution >= 0.6 is 0 Å². The summed E-state index contributed by atoms with van der Waals surface area (Å²) in [6, 6.07) is 2.76. The van der Waals surface area contributed by atoms with Crippen LogP contribution in [0.1, 0.15) is 52.9 Å². The van der Waals surface area contributed by atoms with Gasteiger partial charge in [-0.2, -0.15) is 5.26 Å². The molecule has 0 radical (unpaired) electrons. The third-order valence-corrected chi connectivity index (χ3v) is 4.37. The second kappa shape index (κ2) is 8.35. The number of primary amides is 1. The summed E-state index contributed by atoms with van der Waals surface area (Å²) in [6.45, 7) is 8.95. The standard InChI is InChI=1S/C16H30N4O/c1-4-16(12-17,19-13(2)3)8-6-10-20-9-5-7-14(11-20)15(18)21/h13-14,19H,4-11H2,1-3H3,(H2,18,21). The van der Waals surface area contributed by atoms with Crippen molar-refractivity contribution in [2.45, 2.75) is 64.5 Å². The molecule has 0 aliphatic carbocycles. The predicted molar refractivity (Wildman–Crippen MR) is 84.5 cm³/mol. The molecule has 0 aromatic carbocycles. The molecule has 1 amide bonds. The van der Waals surface area contributed by atoms with Crippen LogP contribution < -0.4 is 11.1 Å². The summed E-state index contributed by atoms with van der Waals surface area (Å²) in [6.07, 6.45) is 4.57. The molecule has 120 valence electrons. The van der Waals surface area contributed by atoms with Crippen molar-refractivity contribution in [2.24, 2.45) is 11.7 Å². The van der Waals surface area contributed by atoms with Crippen LogP contribution in [0.4, 0.5) is 0 Å². The molecule has 3 N–H and O–H groups in total. The Kier molecular flexibility index (Phi) is 7.13. The zero-order valence-electron chi connectivity index (χ0n) is 13.7. The number of piperidine rings is 1. The molecule has 5 heteroatoms. The molecule has 21 heavy (non-hydrogen) atoms. The lowest BCUT2D eigenvalue weighted by atomic mass is 9.90. The van der Waals surface area contributed by atoms with Crippen molar-refractivity contribution in [1.82, 2.24) is 10.2 Å². The van der Waals surface area contributed by atoms with Crippen molar-refractivity contribution in [2.75, 3.05) is 19.6 Å². The minimum absolute atomic E-state index is 0.000520. The van der Waals surface area contributed by atoms with Crippen molar-refractivity contribution >= 4 is 5.91 Å². The Morgan fingerprint density at radius 2 is 2.29 bits per heavy atom. The normalized spacial score (nSPS) is 22.7. The zero-order valence-corrected chi connectivity index (χ0v) is 13.7. The van der Waals surface area contributed by atoms with Gasteiger partial charge in [0.1, 0.15) is 5.54 Å². The number of nitrogens with one attached hydrogen (secondary N) is 1. The largest absolute Gasteiger partial charge is 0.369 e.